The summed E-state index contributed by atoms with van der Waals surface area (Å²) in [6.07, 6.45) is 7.55. The molecule has 0 aromatic rings. The summed E-state index contributed by atoms with van der Waals surface area (Å²) in [7, 11) is 0. The van der Waals surface area contributed by atoms with Gasteiger partial charge in [0, 0.05) is 18.1 Å². The van der Waals surface area contributed by atoms with Crippen LogP contribution >= 0.6 is 0 Å². The number of carbonyl (C=O) groups is 2. The van der Waals surface area contributed by atoms with Crippen LogP contribution in [-0.4, -0.2) is 40.0 Å². The number of amides is 1. The number of hydrogen-bond acceptors (Lipinski definition) is 3. The first kappa shape index (κ1) is 13.9. The van der Waals surface area contributed by atoms with Crippen LogP contribution in [0.25, 0.3) is 0 Å². The standard InChI is InChI=1S/C15H24N2O3/c16-12-5-3-1-2-4-10(12)14(18)17-9-6-7-13(17)11(8-9)15(19)20/h9-13H,1-8,16H2,(H,19,20). The molecule has 1 amide bonds. The minimum absolute atomic E-state index is 0.0479. The van der Waals surface area contributed by atoms with Gasteiger partial charge in [-0.05, 0) is 32.1 Å². The molecule has 0 aromatic heterocycles. The number of carbonyl (C=O) groups excluding carboxylic acids is 1. The van der Waals surface area contributed by atoms with Gasteiger partial charge in [0.1, 0.15) is 0 Å². The molecule has 5 heteroatoms. The Morgan fingerprint density at radius 2 is 1.75 bits per heavy atom. The fourth-order valence-corrected chi connectivity index (χ4v) is 4.43. The molecule has 3 rings (SSSR count). The molecule has 5 unspecified atom stereocenters. The number of carboxylic acid groups (broad SMARTS) is 1. The van der Waals surface area contributed by atoms with E-state index in [0.29, 0.717) is 6.42 Å². The van der Waals surface area contributed by atoms with Gasteiger partial charge in [0.2, 0.25) is 5.91 Å². The Balaban J connectivity index is 1.75. The van der Waals surface area contributed by atoms with E-state index in [1.807, 2.05) is 4.90 Å². The average Bonchev–Trinajstić information content (AvgIpc) is 2.91. The van der Waals surface area contributed by atoms with Crippen LogP contribution < -0.4 is 5.73 Å². The SMILES string of the molecule is NC1CCCCCC1C(=O)N1C2CCC1C(C(=O)O)C2. The van der Waals surface area contributed by atoms with Crippen LogP contribution in [0.1, 0.15) is 51.4 Å². The van der Waals surface area contributed by atoms with Crippen molar-refractivity contribution in [2.75, 3.05) is 0 Å². The Hall–Kier alpha value is -1.10. The third-order valence-corrected chi connectivity index (χ3v) is 5.50. The van der Waals surface area contributed by atoms with Crippen molar-refractivity contribution in [1.29, 1.82) is 0 Å². The summed E-state index contributed by atoms with van der Waals surface area (Å²) in [5, 5.41) is 9.28. The molecule has 3 aliphatic rings. The van der Waals surface area contributed by atoms with E-state index in [1.165, 1.54) is 0 Å². The summed E-state index contributed by atoms with van der Waals surface area (Å²) in [5.74, 6) is -1.07. The van der Waals surface area contributed by atoms with Gasteiger partial charge in [0.25, 0.3) is 0 Å². The zero-order chi connectivity index (χ0) is 14.3. The second-order valence-electron chi connectivity index (χ2n) is 6.63. The van der Waals surface area contributed by atoms with E-state index in [-0.39, 0.29) is 35.9 Å². The topological polar surface area (TPSA) is 83.6 Å². The molecule has 5 nitrogen and oxygen atoms in total. The average molecular weight is 280 g/mol. The predicted octanol–water partition coefficient (Wildman–Crippen LogP) is 1.36. The van der Waals surface area contributed by atoms with E-state index in [1.54, 1.807) is 0 Å². The number of nitrogens with zero attached hydrogens (tertiary/aromatic N) is 1. The highest BCUT2D eigenvalue weighted by Gasteiger charge is 2.52. The maximum absolute atomic E-state index is 12.8. The fraction of sp³-hybridized carbons (Fsp3) is 0.867. The molecule has 2 heterocycles. The second-order valence-corrected chi connectivity index (χ2v) is 6.63. The molecule has 5 atom stereocenters. The number of carboxylic acids is 1. The van der Waals surface area contributed by atoms with Crippen LogP contribution in [0.2, 0.25) is 0 Å². The summed E-state index contributed by atoms with van der Waals surface area (Å²) in [4.78, 5) is 26.0. The van der Waals surface area contributed by atoms with E-state index in [2.05, 4.69) is 0 Å². The minimum Gasteiger partial charge on any atom is -0.481 e. The lowest BCUT2D eigenvalue weighted by Gasteiger charge is -2.30. The monoisotopic (exact) mass is 280 g/mol. The van der Waals surface area contributed by atoms with Crippen molar-refractivity contribution in [1.82, 2.24) is 4.90 Å². The van der Waals surface area contributed by atoms with E-state index in [0.717, 1.165) is 44.9 Å². The highest BCUT2D eigenvalue weighted by atomic mass is 16.4. The summed E-state index contributed by atoms with van der Waals surface area (Å²) < 4.78 is 0. The van der Waals surface area contributed by atoms with Gasteiger partial charge in [-0.15, -0.1) is 0 Å². The molecular formula is C15H24N2O3. The molecule has 2 saturated heterocycles. The third kappa shape index (κ3) is 2.22. The molecule has 0 radical (unpaired) electrons. The van der Waals surface area contributed by atoms with Gasteiger partial charge in [0.15, 0.2) is 0 Å². The number of aliphatic carboxylic acids is 1. The summed E-state index contributed by atoms with van der Waals surface area (Å²) >= 11 is 0. The smallest absolute Gasteiger partial charge is 0.308 e. The van der Waals surface area contributed by atoms with Gasteiger partial charge in [-0.25, -0.2) is 0 Å². The second kappa shape index (κ2) is 5.35. The Bertz CT molecular complexity index is 412. The first-order chi connectivity index (χ1) is 9.59. The zero-order valence-corrected chi connectivity index (χ0v) is 11.8. The lowest BCUT2D eigenvalue weighted by atomic mass is 9.89. The predicted molar refractivity (Wildman–Crippen MR) is 73.9 cm³/mol. The van der Waals surface area contributed by atoms with Crippen molar-refractivity contribution >= 4 is 11.9 Å². The minimum atomic E-state index is -0.750. The Morgan fingerprint density at radius 3 is 2.45 bits per heavy atom. The number of fused-ring (bicyclic) bond motifs is 2. The van der Waals surface area contributed by atoms with Crippen molar-refractivity contribution in [3.63, 3.8) is 0 Å². The summed E-state index contributed by atoms with van der Waals surface area (Å²) in [6, 6.07) is 0.0118. The van der Waals surface area contributed by atoms with Crippen LogP contribution in [0.3, 0.4) is 0 Å². The molecule has 112 valence electrons. The largest absolute Gasteiger partial charge is 0.481 e. The maximum Gasteiger partial charge on any atom is 0.308 e. The first-order valence-corrected chi connectivity index (χ1v) is 7.90. The molecule has 20 heavy (non-hydrogen) atoms. The normalized spacial score (nSPS) is 40.6. The van der Waals surface area contributed by atoms with Crippen molar-refractivity contribution in [3.8, 4) is 0 Å². The van der Waals surface area contributed by atoms with Crippen molar-refractivity contribution in [2.24, 2.45) is 17.6 Å². The van der Waals surface area contributed by atoms with Crippen molar-refractivity contribution < 1.29 is 14.7 Å². The van der Waals surface area contributed by atoms with Gasteiger partial charge in [-0.1, -0.05) is 19.3 Å². The molecule has 0 spiro atoms. The van der Waals surface area contributed by atoms with Gasteiger partial charge < -0.3 is 15.7 Å². The lowest BCUT2D eigenvalue weighted by molar-refractivity contribution is -0.143. The van der Waals surface area contributed by atoms with Crippen molar-refractivity contribution in [2.45, 2.75) is 69.5 Å². The number of nitrogens with two attached hydrogens (primary N) is 1. The number of hydrogen-bond donors (Lipinski definition) is 2. The lowest BCUT2D eigenvalue weighted by Crippen LogP contribution is -2.46. The molecular weight excluding hydrogens is 256 g/mol. The molecule has 3 fully saturated rings. The summed E-state index contributed by atoms with van der Waals surface area (Å²) in [6.45, 7) is 0. The van der Waals surface area contributed by atoms with Crippen molar-refractivity contribution in [3.05, 3.63) is 0 Å². The maximum atomic E-state index is 12.8. The molecule has 3 N–H and O–H groups in total. The quantitative estimate of drug-likeness (QED) is 0.748. The molecule has 2 aliphatic heterocycles. The molecule has 1 aliphatic carbocycles. The Labute approximate surface area is 119 Å². The fourth-order valence-electron chi connectivity index (χ4n) is 4.43. The van der Waals surface area contributed by atoms with Crippen LogP contribution in [0.15, 0.2) is 0 Å². The molecule has 1 saturated carbocycles. The highest BCUT2D eigenvalue weighted by molar-refractivity contribution is 5.83. The third-order valence-electron chi connectivity index (χ3n) is 5.50. The summed E-state index contributed by atoms with van der Waals surface area (Å²) in [5.41, 5.74) is 6.19. The van der Waals surface area contributed by atoms with Crippen LogP contribution in [-0.2, 0) is 9.59 Å². The first-order valence-electron chi connectivity index (χ1n) is 7.90. The number of rotatable bonds is 2. The Kier molecular flexibility index (Phi) is 3.71. The Morgan fingerprint density at radius 1 is 1.00 bits per heavy atom. The zero-order valence-electron chi connectivity index (χ0n) is 11.8. The van der Waals surface area contributed by atoms with Gasteiger partial charge in [-0.3, -0.25) is 9.59 Å². The van der Waals surface area contributed by atoms with E-state index in [4.69, 9.17) is 5.73 Å². The molecule has 0 aromatic carbocycles. The van der Waals surface area contributed by atoms with E-state index >= 15 is 0 Å². The van der Waals surface area contributed by atoms with Gasteiger partial charge >= 0.3 is 5.97 Å². The van der Waals surface area contributed by atoms with E-state index < -0.39 is 5.97 Å². The van der Waals surface area contributed by atoms with Gasteiger partial charge in [0.05, 0.1) is 11.8 Å². The van der Waals surface area contributed by atoms with E-state index in [9.17, 15) is 14.7 Å². The van der Waals surface area contributed by atoms with Crippen LogP contribution in [0, 0.1) is 11.8 Å². The van der Waals surface area contributed by atoms with Crippen LogP contribution in [0.4, 0.5) is 0 Å². The highest BCUT2D eigenvalue weighted by Crippen LogP contribution is 2.43. The van der Waals surface area contributed by atoms with Gasteiger partial charge in [-0.2, -0.15) is 0 Å². The van der Waals surface area contributed by atoms with Crippen LogP contribution in [0.5, 0.6) is 0 Å². The molecule has 2 bridgehead atoms.